The maximum Gasteiger partial charge on any atom is 0.0834 e. The number of nitrogens with zero attached hydrogens (tertiary/aromatic N) is 1. The van der Waals surface area contributed by atoms with Gasteiger partial charge in [-0.1, -0.05) is 19.9 Å². The second-order valence-corrected chi connectivity index (χ2v) is 5.84. The molecule has 1 aromatic rings. The molecular weight excluding hydrogens is 248 g/mol. The standard InChI is InChI=1S/C17H28N2O/c1-4-11-18-16(17(20-3)9-6-10-17)12-15-8-7-14(5-2)13-19-15/h7-8,13,16,18H,4-6,9-12H2,1-3H3. The van der Waals surface area contributed by atoms with E-state index in [9.17, 15) is 0 Å². The van der Waals surface area contributed by atoms with Gasteiger partial charge in [0.15, 0.2) is 0 Å². The average molecular weight is 276 g/mol. The summed E-state index contributed by atoms with van der Waals surface area (Å²) in [5, 5.41) is 3.68. The van der Waals surface area contributed by atoms with Crippen molar-refractivity contribution in [2.75, 3.05) is 13.7 Å². The van der Waals surface area contributed by atoms with Crippen LogP contribution in [-0.4, -0.2) is 30.3 Å². The van der Waals surface area contributed by atoms with Gasteiger partial charge < -0.3 is 10.1 Å². The molecule has 0 aromatic carbocycles. The van der Waals surface area contributed by atoms with Gasteiger partial charge in [0.1, 0.15) is 0 Å². The average Bonchev–Trinajstić information content (AvgIpc) is 2.44. The maximum absolute atomic E-state index is 5.86. The fourth-order valence-electron chi connectivity index (χ4n) is 2.98. The molecule has 20 heavy (non-hydrogen) atoms. The van der Waals surface area contributed by atoms with Crippen LogP contribution in [0.1, 0.15) is 50.8 Å². The highest BCUT2D eigenvalue weighted by molar-refractivity contribution is 5.16. The summed E-state index contributed by atoms with van der Waals surface area (Å²) in [4.78, 5) is 4.61. The van der Waals surface area contributed by atoms with Crippen LogP contribution in [0, 0.1) is 0 Å². The Kier molecular flexibility index (Phi) is 5.55. The molecule has 0 amide bonds. The number of aromatic nitrogens is 1. The molecule has 1 aliphatic rings. The highest BCUT2D eigenvalue weighted by Gasteiger charge is 2.44. The third kappa shape index (κ3) is 3.39. The Bertz CT molecular complexity index is 392. The fraction of sp³-hybridized carbons (Fsp3) is 0.706. The van der Waals surface area contributed by atoms with Crippen LogP contribution in [0.25, 0.3) is 0 Å². The van der Waals surface area contributed by atoms with Crippen molar-refractivity contribution in [1.82, 2.24) is 10.3 Å². The summed E-state index contributed by atoms with van der Waals surface area (Å²) in [6, 6.07) is 4.74. The van der Waals surface area contributed by atoms with Crippen LogP contribution in [0.2, 0.25) is 0 Å². The smallest absolute Gasteiger partial charge is 0.0834 e. The number of ether oxygens (including phenoxy) is 1. The number of hydrogen-bond acceptors (Lipinski definition) is 3. The van der Waals surface area contributed by atoms with Gasteiger partial charge in [-0.15, -0.1) is 0 Å². The predicted octanol–water partition coefficient (Wildman–Crippen LogP) is 3.12. The number of rotatable bonds is 8. The Morgan fingerprint density at radius 3 is 2.60 bits per heavy atom. The molecule has 1 fully saturated rings. The van der Waals surface area contributed by atoms with Gasteiger partial charge >= 0.3 is 0 Å². The van der Waals surface area contributed by atoms with E-state index in [0.29, 0.717) is 6.04 Å². The fourth-order valence-corrected chi connectivity index (χ4v) is 2.98. The lowest BCUT2D eigenvalue weighted by Crippen LogP contribution is -2.57. The Balaban J connectivity index is 2.06. The van der Waals surface area contributed by atoms with Crippen LogP contribution < -0.4 is 5.32 Å². The molecule has 1 aliphatic carbocycles. The molecule has 0 bridgehead atoms. The summed E-state index contributed by atoms with van der Waals surface area (Å²) < 4.78 is 5.86. The quantitative estimate of drug-likeness (QED) is 0.792. The summed E-state index contributed by atoms with van der Waals surface area (Å²) in [5.41, 5.74) is 2.50. The van der Waals surface area contributed by atoms with Gasteiger partial charge in [-0.3, -0.25) is 4.98 Å². The summed E-state index contributed by atoms with van der Waals surface area (Å²) in [6.45, 7) is 5.41. The van der Waals surface area contributed by atoms with Crippen LogP contribution in [-0.2, 0) is 17.6 Å². The van der Waals surface area contributed by atoms with Gasteiger partial charge in [0.2, 0.25) is 0 Å². The number of aryl methyl sites for hydroxylation is 1. The zero-order valence-corrected chi connectivity index (χ0v) is 13.1. The van der Waals surface area contributed by atoms with E-state index < -0.39 is 0 Å². The molecule has 0 spiro atoms. The summed E-state index contributed by atoms with van der Waals surface area (Å²) >= 11 is 0. The molecular formula is C17H28N2O. The van der Waals surface area contributed by atoms with Gasteiger partial charge in [-0.2, -0.15) is 0 Å². The van der Waals surface area contributed by atoms with Gasteiger partial charge in [0.05, 0.1) is 5.60 Å². The zero-order chi connectivity index (χ0) is 14.4. The Morgan fingerprint density at radius 2 is 2.15 bits per heavy atom. The number of hydrogen-bond donors (Lipinski definition) is 1. The highest BCUT2D eigenvalue weighted by atomic mass is 16.5. The monoisotopic (exact) mass is 276 g/mol. The molecule has 2 rings (SSSR count). The number of nitrogens with one attached hydrogen (secondary N) is 1. The van der Waals surface area contributed by atoms with E-state index in [1.807, 2.05) is 13.3 Å². The Morgan fingerprint density at radius 1 is 1.35 bits per heavy atom. The molecule has 1 unspecified atom stereocenters. The van der Waals surface area contributed by atoms with Crippen molar-refractivity contribution in [3.63, 3.8) is 0 Å². The molecule has 0 saturated heterocycles. The van der Waals surface area contributed by atoms with E-state index in [1.165, 1.54) is 17.7 Å². The first kappa shape index (κ1) is 15.5. The molecule has 3 nitrogen and oxygen atoms in total. The van der Waals surface area contributed by atoms with Crippen molar-refractivity contribution in [3.8, 4) is 0 Å². The molecule has 1 heterocycles. The van der Waals surface area contributed by atoms with Gasteiger partial charge in [0.25, 0.3) is 0 Å². The third-order valence-corrected chi connectivity index (χ3v) is 4.59. The molecule has 0 radical (unpaired) electrons. The van der Waals surface area contributed by atoms with Crippen molar-refractivity contribution >= 4 is 0 Å². The first-order valence-corrected chi connectivity index (χ1v) is 7.96. The summed E-state index contributed by atoms with van der Waals surface area (Å²) in [6.07, 6.45) is 8.77. The van der Waals surface area contributed by atoms with Crippen molar-refractivity contribution in [1.29, 1.82) is 0 Å². The molecule has 1 N–H and O–H groups in total. The van der Waals surface area contributed by atoms with Gasteiger partial charge in [-0.25, -0.2) is 0 Å². The van der Waals surface area contributed by atoms with Gasteiger partial charge in [0, 0.05) is 31.5 Å². The van der Waals surface area contributed by atoms with E-state index in [2.05, 4.69) is 36.3 Å². The van der Waals surface area contributed by atoms with E-state index >= 15 is 0 Å². The van der Waals surface area contributed by atoms with E-state index in [4.69, 9.17) is 4.74 Å². The van der Waals surface area contributed by atoms with Gasteiger partial charge in [-0.05, 0) is 50.3 Å². The summed E-state index contributed by atoms with van der Waals surface area (Å²) in [7, 11) is 1.85. The largest absolute Gasteiger partial charge is 0.377 e. The molecule has 112 valence electrons. The minimum Gasteiger partial charge on any atom is -0.377 e. The van der Waals surface area contributed by atoms with Crippen LogP contribution in [0.3, 0.4) is 0 Å². The predicted molar refractivity (Wildman–Crippen MR) is 83.0 cm³/mol. The van der Waals surface area contributed by atoms with Crippen LogP contribution in [0.5, 0.6) is 0 Å². The molecule has 0 aliphatic heterocycles. The molecule has 3 heteroatoms. The van der Waals surface area contributed by atoms with E-state index in [-0.39, 0.29) is 5.60 Å². The van der Waals surface area contributed by atoms with Crippen LogP contribution in [0.15, 0.2) is 18.3 Å². The second kappa shape index (κ2) is 7.19. The number of methoxy groups -OCH3 is 1. The van der Waals surface area contributed by atoms with E-state index in [1.54, 1.807) is 0 Å². The lowest BCUT2D eigenvalue weighted by Gasteiger charge is -2.47. The van der Waals surface area contributed by atoms with E-state index in [0.717, 1.165) is 38.6 Å². The second-order valence-electron chi connectivity index (χ2n) is 5.84. The van der Waals surface area contributed by atoms with Crippen molar-refractivity contribution in [2.45, 2.75) is 64.0 Å². The SMILES string of the molecule is CCCNC(Cc1ccc(CC)cn1)C1(OC)CCC1. The van der Waals surface area contributed by atoms with Crippen LogP contribution in [0.4, 0.5) is 0 Å². The first-order chi connectivity index (χ1) is 9.74. The molecule has 1 saturated carbocycles. The summed E-state index contributed by atoms with van der Waals surface area (Å²) in [5.74, 6) is 0. The minimum absolute atomic E-state index is 0.0281. The maximum atomic E-state index is 5.86. The van der Waals surface area contributed by atoms with Crippen molar-refractivity contribution in [3.05, 3.63) is 29.6 Å². The lowest BCUT2D eigenvalue weighted by molar-refractivity contribution is -0.0982. The minimum atomic E-state index is 0.0281. The normalized spacial score (nSPS) is 18.6. The first-order valence-electron chi connectivity index (χ1n) is 7.96. The van der Waals surface area contributed by atoms with Crippen molar-refractivity contribution < 1.29 is 4.74 Å². The Hall–Kier alpha value is -0.930. The zero-order valence-electron chi connectivity index (χ0n) is 13.1. The topological polar surface area (TPSA) is 34.2 Å². The lowest BCUT2D eigenvalue weighted by atomic mass is 9.73. The molecule has 1 atom stereocenters. The molecule has 1 aromatic heterocycles. The highest BCUT2D eigenvalue weighted by Crippen LogP contribution is 2.39. The van der Waals surface area contributed by atoms with Crippen LogP contribution >= 0.6 is 0 Å². The number of pyridine rings is 1. The van der Waals surface area contributed by atoms with Crippen molar-refractivity contribution in [2.24, 2.45) is 0 Å². The third-order valence-electron chi connectivity index (χ3n) is 4.59. The Labute approximate surface area is 123 Å².